The molecule has 2 aromatic rings. The molecule has 0 spiro atoms. The number of carbonyl (C=O) groups excluding carboxylic acids is 2. The molecule has 2 saturated heterocycles. The summed E-state index contributed by atoms with van der Waals surface area (Å²) in [7, 11) is 0. The van der Waals surface area contributed by atoms with Crippen molar-refractivity contribution in [2.24, 2.45) is 5.92 Å². The van der Waals surface area contributed by atoms with Crippen LogP contribution < -0.4 is 4.74 Å². The van der Waals surface area contributed by atoms with Crippen LogP contribution in [0.2, 0.25) is 0 Å². The number of hydrogen-bond donors (Lipinski definition) is 1. The van der Waals surface area contributed by atoms with E-state index in [1.54, 1.807) is 0 Å². The molecule has 1 aromatic carbocycles. The number of thiophene rings is 1. The number of rotatable bonds is 6. The molecule has 3 heterocycles. The molecule has 166 valence electrons. The normalized spacial score (nSPS) is 19.3. The Hall–Kier alpha value is -2.38. The topological polar surface area (TPSA) is 70.1 Å². The van der Waals surface area contributed by atoms with E-state index in [1.807, 2.05) is 46.2 Å². The van der Waals surface area contributed by atoms with E-state index in [4.69, 9.17) is 4.74 Å². The molecule has 1 aromatic heterocycles. The van der Waals surface area contributed by atoms with Crippen molar-refractivity contribution >= 4 is 23.2 Å². The van der Waals surface area contributed by atoms with Crippen LogP contribution in [-0.2, 0) is 4.79 Å². The van der Waals surface area contributed by atoms with Crippen molar-refractivity contribution < 1.29 is 19.4 Å². The Bertz CT molecular complexity index is 892. The van der Waals surface area contributed by atoms with E-state index in [2.05, 4.69) is 0 Å². The molecule has 1 unspecified atom stereocenters. The first-order chi connectivity index (χ1) is 15.2. The van der Waals surface area contributed by atoms with E-state index in [9.17, 15) is 14.7 Å². The maximum Gasteiger partial charge on any atom is 0.267 e. The van der Waals surface area contributed by atoms with Crippen LogP contribution in [0.15, 0.2) is 36.4 Å². The number of aliphatic hydroxyl groups is 1. The summed E-state index contributed by atoms with van der Waals surface area (Å²) in [4.78, 5) is 31.1. The lowest BCUT2D eigenvalue weighted by atomic mass is 9.99. The van der Waals surface area contributed by atoms with Gasteiger partial charge in [0.05, 0.1) is 0 Å². The highest BCUT2D eigenvalue weighted by Crippen LogP contribution is 2.37. The number of nitrogens with zero attached hydrogens (tertiary/aromatic N) is 2. The van der Waals surface area contributed by atoms with Gasteiger partial charge in [0, 0.05) is 37.7 Å². The third-order valence-corrected chi connectivity index (χ3v) is 7.23. The summed E-state index contributed by atoms with van der Waals surface area (Å²) >= 11 is 1.41. The second-order valence-corrected chi connectivity index (χ2v) is 9.39. The molecule has 0 aliphatic carbocycles. The highest BCUT2D eigenvalue weighted by Gasteiger charge is 2.28. The summed E-state index contributed by atoms with van der Waals surface area (Å²) in [5.41, 5.74) is 1.02. The third kappa shape index (κ3) is 5.28. The molecule has 2 fully saturated rings. The molecule has 6 nitrogen and oxygen atoms in total. The van der Waals surface area contributed by atoms with Gasteiger partial charge in [-0.25, -0.2) is 0 Å². The number of likely N-dealkylation sites (tertiary alicyclic amines) is 2. The lowest BCUT2D eigenvalue weighted by molar-refractivity contribution is -0.134. The zero-order valence-corrected chi connectivity index (χ0v) is 18.6. The van der Waals surface area contributed by atoms with Crippen molar-refractivity contribution in [1.82, 2.24) is 9.80 Å². The second-order valence-electron chi connectivity index (χ2n) is 8.34. The fraction of sp³-hybridized carbons (Fsp3) is 0.500. The molecule has 31 heavy (non-hydrogen) atoms. The molecule has 7 heteroatoms. The maximum atomic E-state index is 13.4. The Morgan fingerprint density at radius 2 is 1.77 bits per heavy atom. The Morgan fingerprint density at radius 3 is 2.52 bits per heavy atom. The molecule has 0 bridgehead atoms. The minimum Gasteiger partial charge on any atom is -0.482 e. The number of hydrogen-bond acceptors (Lipinski definition) is 5. The van der Waals surface area contributed by atoms with Gasteiger partial charge in [0.15, 0.2) is 6.61 Å². The van der Waals surface area contributed by atoms with Gasteiger partial charge in [-0.2, -0.15) is 0 Å². The Balaban J connectivity index is 1.54. The number of piperidine rings is 2. The van der Waals surface area contributed by atoms with E-state index in [-0.39, 0.29) is 30.9 Å². The summed E-state index contributed by atoms with van der Waals surface area (Å²) < 4.78 is 5.94. The van der Waals surface area contributed by atoms with E-state index in [0.717, 1.165) is 49.2 Å². The van der Waals surface area contributed by atoms with E-state index >= 15 is 0 Å². The lowest BCUT2D eigenvalue weighted by Gasteiger charge is -2.31. The van der Waals surface area contributed by atoms with Crippen LogP contribution in [0.1, 0.15) is 41.8 Å². The second kappa shape index (κ2) is 10.3. The quantitative estimate of drug-likeness (QED) is 0.741. The molecular formula is C24H30N2O4S. The van der Waals surface area contributed by atoms with Gasteiger partial charge >= 0.3 is 0 Å². The van der Waals surface area contributed by atoms with Gasteiger partial charge in [-0.1, -0.05) is 30.3 Å². The average Bonchev–Trinajstić information content (AvgIpc) is 3.27. The van der Waals surface area contributed by atoms with Crippen LogP contribution in [0.5, 0.6) is 5.75 Å². The van der Waals surface area contributed by atoms with Gasteiger partial charge in [-0.3, -0.25) is 9.59 Å². The summed E-state index contributed by atoms with van der Waals surface area (Å²) in [6.07, 6.45) is 5.06. The zero-order chi connectivity index (χ0) is 21.6. The molecule has 2 aliphatic rings. The Kier molecular flexibility index (Phi) is 7.25. The van der Waals surface area contributed by atoms with Crippen molar-refractivity contribution in [1.29, 1.82) is 0 Å². The van der Waals surface area contributed by atoms with E-state index < -0.39 is 0 Å². The van der Waals surface area contributed by atoms with Crippen LogP contribution >= 0.6 is 11.3 Å². The summed E-state index contributed by atoms with van der Waals surface area (Å²) in [5, 5.41) is 9.54. The average molecular weight is 443 g/mol. The summed E-state index contributed by atoms with van der Waals surface area (Å²) in [6, 6.07) is 11.8. The van der Waals surface area contributed by atoms with Gasteiger partial charge in [-0.15, -0.1) is 11.3 Å². The van der Waals surface area contributed by atoms with E-state index in [0.29, 0.717) is 23.7 Å². The SMILES string of the molecule is O=C(COc1cc(-c2ccccc2)sc1C(=O)N1CCCC(CO)C1)N1CCCCC1. The number of benzene rings is 1. The largest absolute Gasteiger partial charge is 0.482 e. The van der Waals surface area contributed by atoms with Gasteiger partial charge in [-0.05, 0) is 49.7 Å². The van der Waals surface area contributed by atoms with Crippen molar-refractivity contribution in [3.63, 3.8) is 0 Å². The van der Waals surface area contributed by atoms with Crippen LogP contribution in [-0.4, -0.2) is 66.1 Å². The fourth-order valence-electron chi connectivity index (χ4n) is 4.29. The van der Waals surface area contributed by atoms with Crippen LogP contribution in [0.25, 0.3) is 10.4 Å². The zero-order valence-electron chi connectivity index (χ0n) is 17.8. The maximum absolute atomic E-state index is 13.4. The lowest BCUT2D eigenvalue weighted by Crippen LogP contribution is -2.41. The molecule has 2 amide bonds. The van der Waals surface area contributed by atoms with Crippen molar-refractivity contribution in [2.75, 3.05) is 39.4 Å². The number of carbonyl (C=O) groups is 2. The van der Waals surface area contributed by atoms with Crippen LogP contribution in [0.4, 0.5) is 0 Å². The highest BCUT2D eigenvalue weighted by atomic mass is 32.1. The summed E-state index contributed by atoms with van der Waals surface area (Å²) in [6.45, 7) is 2.84. The molecular weight excluding hydrogens is 412 g/mol. The van der Waals surface area contributed by atoms with Crippen molar-refractivity contribution in [3.8, 4) is 16.2 Å². The first kappa shape index (κ1) is 21.8. The predicted octanol–water partition coefficient (Wildman–Crippen LogP) is 3.65. The number of amides is 2. The first-order valence-electron chi connectivity index (χ1n) is 11.2. The van der Waals surface area contributed by atoms with Gasteiger partial charge in [0.25, 0.3) is 11.8 Å². The minimum atomic E-state index is -0.0780. The first-order valence-corrected chi connectivity index (χ1v) is 12.0. The molecule has 2 aliphatic heterocycles. The number of aliphatic hydroxyl groups excluding tert-OH is 1. The van der Waals surface area contributed by atoms with Crippen LogP contribution in [0, 0.1) is 5.92 Å². The molecule has 4 rings (SSSR count). The molecule has 1 N–H and O–H groups in total. The van der Waals surface area contributed by atoms with Gasteiger partial charge in [0.1, 0.15) is 10.6 Å². The van der Waals surface area contributed by atoms with Crippen molar-refractivity contribution in [2.45, 2.75) is 32.1 Å². The smallest absolute Gasteiger partial charge is 0.267 e. The fourth-order valence-corrected chi connectivity index (χ4v) is 5.37. The Labute approximate surface area is 187 Å². The Morgan fingerprint density at radius 1 is 1.03 bits per heavy atom. The van der Waals surface area contributed by atoms with Crippen LogP contribution in [0.3, 0.4) is 0 Å². The predicted molar refractivity (Wildman–Crippen MR) is 121 cm³/mol. The highest BCUT2D eigenvalue weighted by molar-refractivity contribution is 7.17. The monoisotopic (exact) mass is 442 g/mol. The standard InChI is InChI=1S/C24H30N2O4S/c27-16-18-8-7-13-26(15-18)24(29)23-20(14-21(31-23)19-9-3-1-4-10-19)30-17-22(28)25-11-5-2-6-12-25/h1,3-4,9-10,14,18,27H,2,5-8,11-13,15-17H2. The van der Waals surface area contributed by atoms with E-state index in [1.165, 1.54) is 17.8 Å². The van der Waals surface area contributed by atoms with Crippen molar-refractivity contribution in [3.05, 3.63) is 41.3 Å². The molecule has 0 saturated carbocycles. The third-order valence-electron chi connectivity index (χ3n) is 6.07. The molecule has 0 radical (unpaired) electrons. The minimum absolute atomic E-state index is 0.0242. The number of ether oxygens (including phenoxy) is 1. The van der Waals surface area contributed by atoms with Gasteiger partial charge < -0.3 is 19.6 Å². The van der Waals surface area contributed by atoms with Gasteiger partial charge in [0.2, 0.25) is 0 Å². The molecule has 1 atom stereocenters. The summed E-state index contributed by atoms with van der Waals surface area (Å²) in [5.74, 6) is 0.497.